The van der Waals surface area contributed by atoms with Crippen molar-refractivity contribution in [3.05, 3.63) is 0 Å². The number of ether oxygens (including phenoxy) is 2. The molecule has 0 amide bonds. The highest BCUT2D eigenvalue weighted by atomic mass is 16.5. The third-order valence-electron chi connectivity index (χ3n) is 4.27. The Hall–Kier alpha value is -0.120. The molecule has 2 rings (SSSR count). The Morgan fingerprint density at radius 3 is 2.83 bits per heavy atom. The molecule has 1 N–H and O–H groups in total. The van der Waals surface area contributed by atoms with E-state index >= 15 is 0 Å². The molecule has 1 saturated heterocycles. The Labute approximate surface area is 112 Å². The van der Waals surface area contributed by atoms with Gasteiger partial charge in [0.25, 0.3) is 0 Å². The van der Waals surface area contributed by atoms with Gasteiger partial charge in [-0.25, -0.2) is 0 Å². The summed E-state index contributed by atoms with van der Waals surface area (Å²) in [6.45, 7) is 6.02. The van der Waals surface area contributed by atoms with E-state index in [-0.39, 0.29) is 5.60 Å². The Morgan fingerprint density at radius 2 is 2.06 bits per heavy atom. The van der Waals surface area contributed by atoms with Gasteiger partial charge in [0.05, 0.1) is 18.3 Å². The highest BCUT2D eigenvalue weighted by molar-refractivity contribution is 4.90. The molecule has 0 bridgehead atoms. The van der Waals surface area contributed by atoms with Gasteiger partial charge in [0.2, 0.25) is 0 Å². The monoisotopic (exact) mass is 255 g/mol. The minimum atomic E-state index is 0.179. The molecule has 18 heavy (non-hydrogen) atoms. The fourth-order valence-electron chi connectivity index (χ4n) is 3.27. The molecule has 0 radical (unpaired) electrons. The highest BCUT2D eigenvalue weighted by Crippen LogP contribution is 2.39. The van der Waals surface area contributed by atoms with Crippen LogP contribution >= 0.6 is 0 Å². The van der Waals surface area contributed by atoms with E-state index < -0.39 is 0 Å². The summed E-state index contributed by atoms with van der Waals surface area (Å²) < 4.78 is 12.1. The maximum absolute atomic E-state index is 6.09. The minimum Gasteiger partial charge on any atom is -0.377 e. The molecule has 1 heterocycles. The van der Waals surface area contributed by atoms with Gasteiger partial charge < -0.3 is 14.8 Å². The molecule has 1 aliphatic carbocycles. The first-order valence-electron chi connectivity index (χ1n) is 7.81. The van der Waals surface area contributed by atoms with E-state index in [1.165, 1.54) is 38.5 Å². The standard InChI is InChI=1S/C15H29NO2/c1-2-9-16-10-12-17-14-6-11-18-15(13-14)7-4-3-5-8-15/h14,16H,2-13H2,1H3. The molecular formula is C15H29NO2. The Bertz CT molecular complexity index is 221. The lowest BCUT2D eigenvalue weighted by atomic mass is 9.79. The van der Waals surface area contributed by atoms with Crippen molar-refractivity contribution in [1.82, 2.24) is 5.32 Å². The summed E-state index contributed by atoms with van der Waals surface area (Å²) in [4.78, 5) is 0. The molecule has 2 fully saturated rings. The second-order valence-electron chi connectivity index (χ2n) is 5.83. The van der Waals surface area contributed by atoms with Gasteiger partial charge in [0, 0.05) is 19.6 Å². The maximum Gasteiger partial charge on any atom is 0.0707 e. The summed E-state index contributed by atoms with van der Waals surface area (Å²) >= 11 is 0. The lowest BCUT2D eigenvalue weighted by molar-refractivity contribution is -0.147. The number of hydrogen-bond acceptors (Lipinski definition) is 3. The predicted octanol–water partition coefficient (Wildman–Crippen LogP) is 2.88. The van der Waals surface area contributed by atoms with Crippen LogP contribution in [0.1, 0.15) is 58.3 Å². The topological polar surface area (TPSA) is 30.5 Å². The average molecular weight is 255 g/mol. The first-order chi connectivity index (χ1) is 8.85. The van der Waals surface area contributed by atoms with E-state index in [0.717, 1.165) is 39.1 Å². The zero-order valence-corrected chi connectivity index (χ0v) is 11.9. The minimum absolute atomic E-state index is 0.179. The smallest absolute Gasteiger partial charge is 0.0707 e. The Morgan fingerprint density at radius 1 is 1.22 bits per heavy atom. The molecule has 0 aromatic carbocycles. The van der Waals surface area contributed by atoms with Crippen LogP contribution < -0.4 is 5.32 Å². The van der Waals surface area contributed by atoms with Gasteiger partial charge >= 0.3 is 0 Å². The lowest BCUT2D eigenvalue weighted by Gasteiger charge is -2.43. The molecule has 2 aliphatic rings. The first-order valence-corrected chi connectivity index (χ1v) is 7.81. The van der Waals surface area contributed by atoms with Crippen molar-refractivity contribution >= 4 is 0 Å². The first kappa shape index (κ1) is 14.3. The van der Waals surface area contributed by atoms with E-state index in [1.807, 2.05) is 0 Å². The lowest BCUT2D eigenvalue weighted by Crippen LogP contribution is -2.44. The van der Waals surface area contributed by atoms with Crippen LogP contribution in [0.2, 0.25) is 0 Å². The van der Waals surface area contributed by atoms with E-state index in [2.05, 4.69) is 12.2 Å². The molecule has 1 saturated carbocycles. The summed E-state index contributed by atoms with van der Waals surface area (Å²) in [5.74, 6) is 0. The Balaban J connectivity index is 1.66. The van der Waals surface area contributed by atoms with Gasteiger partial charge in [0.1, 0.15) is 0 Å². The second-order valence-corrected chi connectivity index (χ2v) is 5.83. The van der Waals surface area contributed by atoms with Crippen LogP contribution in [0.3, 0.4) is 0 Å². The van der Waals surface area contributed by atoms with Gasteiger partial charge in [-0.15, -0.1) is 0 Å². The van der Waals surface area contributed by atoms with Crippen LogP contribution in [0.5, 0.6) is 0 Å². The highest BCUT2D eigenvalue weighted by Gasteiger charge is 2.38. The molecule has 106 valence electrons. The molecule has 3 heteroatoms. The van der Waals surface area contributed by atoms with Crippen molar-refractivity contribution in [2.24, 2.45) is 0 Å². The van der Waals surface area contributed by atoms with Crippen molar-refractivity contribution in [2.45, 2.75) is 70.0 Å². The van der Waals surface area contributed by atoms with Gasteiger partial charge in [-0.3, -0.25) is 0 Å². The summed E-state index contributed by atoms with van der Waals surface area (Å²) in [7, 11) is 0. The van der Waals surface area contributed by atoms with Crippen LogP contribution in [0, 0.1) is 0 Å². The van der Waals surface area contributed by atoms with Gasteiger partial charge in [0.15, 0.2) is 0 Å². The quantitative estimate of drug-likeness (QED) is 0.740. The van der Waals surface area contributed by atoms with Crippen LogP contribution in [0.15, 0.2) is 0 Å². The number of nitrogens with one attached hydrogen (secondary N) is 1. The van der Waals surface area contributed by atoms with Gasteiger partial charge in [-0.1, -0.05) is 26.2 Å². The van der Waals surface area contributed by atoms with E-state index in [4.69, 9.17) is 9.47 Å². The maximum atomic E-state index is 6.09. The van der Waals surface area contributed by atoms with Crippen LogP contribution in [0.4, 0.5) is 0 Å². The van der Waals surface area contributed by atoms with E-state index in [1.54, 1.807) is 0 Å². The van der Waals surface area contributed by atoms with Crippen LogP contribution in [-0.2, 0) is 9.47 Å². The van der Waals surface area contributed by atoms with E-state index in [9.17, 15) is 0 Å². The fraction of sp³-hybridized carbons (Fsp3) is 1.00. The largest absolute Gasteiger partial charge is 0.377 e. The SMILES string of the molecule is CCCNCCOC1CCOC2(CCCCC2)C1. The molecular weight excluding hydrogens is 226 g/mol. The zero-order valence-electron chi connectivity index (χ0n) is 11.9. The molecule has 1 unspecified atom stereocenters. The van der Waals surface area contributed by atoms with Gasteiger partial charge in [-0.05, 0) is 32.2 Å². The van der Waals surface area contributed by atoms with Gasteiger partial charge in [-0.2, -0.15) is 0 Å². The van der Waals surface area contributed by atoms with E-state index in [0.29, 0.717) is 6.10 Å². The zero-order chi connectivity index (χ0) is 12.7. The van der Waals surface area contributed by atoms with Crippen LogP contribution in [0.25, 0.3) is 0 Å². The van der Waals surface area contributed by atoms with Crippen molar-refractivity contribution in [3.63, 3.8) is 0 Å². The molecule has 0 aromatic heterocycles. The molecule has 1 spiro atoms. The summed E-state index contributed by atoms with van der Waals surface area (Å²) in [5, 5.41) is 3.39. The normalized spacial score (nSPS) is 27.5. The predicted molar refractivity (Wildman–Crippen MR) is 73.9 cm³/mol. The number of rotatable bonds is 6. The molecule has 3 nitrogen and oxygen atoms in total. The summed E-state index contributed by atoms with van der Waals surface area (Å²) in [6, 6.07) is 0. The summed E-state index contributed by atoms with van der Waals surface area (Å²) in [5.41, 5.74) is 0.179. The molecule has 1 aliphatic heterocycles. The Kier molecular flexibility index (Phi) is 5.93. The molecule has 1 atom stereocenters. The third kappa shape index (κ3) is 4.22. The third-order valence-corrected chi connectivity index (χ3v) is 4.27. The van der Waals surface area contributed by atoms with Crippen LogP contribution in [-0.4, -0.2) is 38.0 Å². The van der Waals surface area contributed by atoms with Crippen molar-refractivity contribution in [1.29, 1.82) is 0 Å². The average Bonchev–Trinajstić information content (AvgIpc) is 2.40. The van der Waals surface area contributed by atoms with Crippen molar-refractivity contribution in [2.75, 3.05) is 26.3 Å². The number of hydrogen-bond donors (Lipinski definition) is 1. The fourth-order valence-corrected chi connectivity index (χ4v) is 3.27. The molecule has 0 aromatic rings. The van der Waals surface area contributed by atoms with Crippen molar-refractivity contribution < 1.29 is 9.47 Å². The second kappa shape index (κ2) is 7.46. The van der Waals surface area contributed by atoms with Crippen molar-refractivity contribution in [3.8, 4) is 0 Å². The summed E-state index contributed by atoms with van der Waals surface area (Å²) in [6.07, 6.45) is 10.4.